The molecule has 3 aromatic rings. The SMILES string of the molecule is Cc1cccc(C)c1-c1ccc2nc(NC3=CN(CCCN4CCCC4)C(=O)CC3)nnc2c1. The number of carbonyl (C=O) groups excluding carboxylic acids is 1. The molecule has 1 aromatic heterocycles. The lowest BCUT2D eigenvalue weighted by Crippen LogP contribution is -2.33. The zero-order valence-electron chi connectivity index (χ0n) is 20.0. The molecule has 0 radical (unpaired) electrons. The van der Waals surface area contributed by atoms with Gasteiger partial charge in [-0.05, 0) is 93.6 Å². The van der Waals surface area contributed by atoms with Crippen molar-refractivity contribution in [2.45, 2.75) is 46.0 Å². The van der Waals surface area contributed by atoms with Crippen molar-refractivity contribution in [3.63, 3.8) is 0 Å². The lowest BCUT2D eigenvalue weighted by atomic mass is 9.95. The summed E-state index contributed by atoms with van der Waals surface area (Å²) in [4.78, 5) is 21.4. The molecule has 0 spiro atoms. The Labute approximate surface area is 200 Å². The van der Waals surface area contributed by atoms with Crippen LogP contribution in [-0.4, -0.2) is 57.1 Å². The smallest absolute Gasteiger partial charge is 0.247 e. The molecule has 176 valence electrons. The number of fused-ring (bicyclic) bond motifs is 1. The maximum Gasteiger partial charge on any atom is 0.247 e. The number of anilines is 1. The number of hydrogen-bond donors (Lipinski definition) is 1. The zero-order chi connectivity index (χ0) is 23.5. The Balaban J connectivity index is 1.28. The highest BCUT2D eigenvalue weighted by atomic mass is 16.2. The molecule has 0 unspecified atom stereocenters. The summed E-state index contributed by atoms with van der Waals surface area (Å²) in [5.41, 5.74) is 7.34. The van der Waals surface area contributed by atoms with Crippen molar-refractivity contribution in [3.05, 3.63) is 59.4 Å². The number of rotatable bonds is 7. The molecule has 2 aliphatic rings. The highest BCUT2D eigenvalue weighted by Crippen LogP contribution is 2.29. The Morgan fingerprint density at radius 1 is 0.941 bits per heavy atom. The van der Waals surface area contributed by atoms with Crippen molar-refractivity contribution in [3.8, 4) is 11.1 Å². The topological polar surface area (TPSA) is 74.2 Å². The Bertz CT molecular complexity index is 1210. The van der Waals surface area contributed by atoms with Crippen LogP contribution in [0.15, 0.2) is 48.3 Å². The van der Waals surface area contributed by atoms with E-state index in [2.05, 4.69) is 69.6 Å². The van der Waals surface area contributed by atoms with Crippen molar-refractivity contribution in [2.24, 2.45) is 0 Å². The summed E-state index contributed by atoms with van der Waals surface area (Å²) in [6.07, 6.45) is 6.67. The summed E-state index contributed by atoms with van der Waals surface area (Å²) < 4.78 is 0. The maximum atomic E-state index is 12.4. The molecule has 1 amide bonds. The minimum atomic E-state index is 0.184. The largest absolute Gasteiger partial charge is 0.325 e. The lowest BCUT2D eigenvalue weighted by molar-refractivity contribution is -0.129. The van der Waals surface area contributed by atoms with Gasteiger partial charge in [-0.25, -0.2) is 4.98 Å². The van der Waals surface area contributed by atoms with Gasteiger partial charge in [0, 0.05) is 24.9 Å². The minimum absolute atomic E-state index is 0.184. The molecule has 1 saturated heterocycles. The fourth-order valence-electron chi connectivity index (χ4n) is 5.02. The quantitative estimate of drug-likeness (QED) is 0.557. The standard InChI is InChI=1S/C27H32N6O/c1-19-7-5-8-20(2)26(19)21-9-11-23-24(17-21)30-31-27(29-23)28-22-10-12-25(34)33(18-22)16-6-15-32-13-3-4-14-32/h5,7-9,11,17-18H,3-4,6,10,12-16H2,1-2H3,(H,28,29,31). The first kappa shape index (κ1) is 22.5. The Morgan fingerprint density at radius 3 is 2.53 bits per heavy atom. The predicted octanol–water partition coefficient (Wildman–Crippen LogP) is 4.67. The van der Waals surface area contributed by atoms with Crippen LogP contribution in [0.25, 0.3) is 22.2 Å². The van der Waals surface area contributed by atoms with Gasteiger partial charge in [0.1, 0.15) is 5.52 Å². The van der Waals surface area contributed by atoms with Gasteiger partial charge in [-0.2, -0.15) is 0 Å². The summed E-state index contributed by atoms with van der Waals surface area (Å²) in [6, 6.07) is 12.5. The van der Waals surface area contributed by atoms with Gasteiger partial charge in [-0.15, -0.1) is 10.2 Å². The first-order valence-electron chi connectivity index (χ1n) is 12.3. The third kappa shape index (κ3) is 4.94. The van der Waals surface area contributed by atoms with Crippen LogP contribution < -0.4 is 5.32 Å². The molecule has 1 fully saturated rings. The van der Waals surface area contributed by atoms with Crippen LogP contribution in [0.3, 0.4) is 0 Å². The summed E-state index contributed by atoms with van der Waals surface area (Å²) in [6.45, 7) is 8.44. The number of carbonyl (C=O) groups is 1. The number of likely N-dealkylation sites (tertiary alicyclic amines) is 1. The van der Waals surface area contributed by atoms with Gasteiger partial charge in [0.25, 0.3) is 0 Å². The van der Waals surface area contributed by atoms with Gasteiger partial charge in [0.15, 0.2) is 0 Å². The molecule has 34 heavy (non-hydrogen) atoms. The van der Waals surface area contributed by atoms with Crippen molar-refractivity contribution < 1.29 is 4.79 Å². The number of aryl methyl sites for hydroxylation is 2. The van der Waals surface area contributed by atoms with E-state index in [1.807, 2.05) is 17.2 Å². The van der Waals surface area contributed by atoms with E-state index in [1.165, 1.54) is 42.6 Å². The van der Waals surface area contributed by atoms with Gasteiger partial charge in [0.2, 0.25) is 11.9 Å². The van der Waals surface area contributed by atoms with Crippen LogP contribution in [0.4, 0.5) is 5.95 Å². The maximum absolute atomic E-state index is 12.4. The zero-order valence-corrected chi connectivity index (χ0v) is 20.0. The second-order valence-corrected chi connectivity index (χ2v) is 9.37. The number of aromatic nitrogens is 3. The minimum Gasteiger partial charge on any atom is -0.325 e. The number of nitrogens with one attached hydrogen (secondary N) is 1. The lowest BCUT2D eigenvalue weighted by Gasteiger charge is -2.26. The average molecular weight is 457 g/mol. The Morgan fingerprint density at radius 2 is 1.74 bits per heavy atom. The second kappa shape index (κ2) is 9.89. The Kier molecular flexibility index (Phi) is 6.54. The average Bonchev–Trinajstić information content (AvgIpc) is 3.35. The molecule has 0 aliphatic carbocycles. The molecule has 5 rings (SSSR count). The number of amides is 1. The van der Waals surface area contributed by atoms with Gasteiger partial charge >= 0.3 is 0 Å². The van der Waals surface area contributed by atoms with E-state index in [4.69, 9.17) is 0 Å². The number of allylic oxidation sites excluding steroid dienone is 1. The van der Waals surface area contributed by atoms with Gasteiger partial charge in [0.05, 0.1) is 5.52 Å². The molecule has 2 aliphatic heterocycles. The molecule has 2 aromatic carbocycles. The molecule has 7 heteroatoms. The van der Waals surface area contributed by atoms with E-state index in [-0.39, 0.29) is 5.91 Å². The van der Waals surface area contributed by atoms with E-state index in [0.29, 0.717) is 18.8 Å². The van der Waals surface area contributed by atoms with Crippen LogP contribution in [0, 0.1) is 13.8 Å². The van der Waals surface area contributed by atoms with E-state index < -0.39 is 0 Å². The van der Waals surface area contributed by atoms with Crippen LogP contribution >= 0.6 is 0 Å². The molecule has 0 saturated carbocycles. The first-order chi connectivity index (χ1) is 16.6. The summed E-state index contributed by atoms with van der Waals surface area (Å²) in [5.74, 6) is 0.647. The van der Waals surface area contributed by atoms with Gasteiger partial charge in [-0.3, -0.25) is 4.79 Å². The third-order valence-corrected chi connectivity index (χ3v) is 6.81. The number of benzene rings is 2. The normalized spacial score (nSPS) is 16.8. The molecule has 0 atom stereocenters. The van der Waals surface area contributed by atoms with Crippen molar-refractivity contribution in [1.82, 2.24) is 25.0 Å². The summed E-state index contributed by atoms with van der Waals surface area (Å²) >= 11 is 0. The number of nitrogens with zero attached hydrogens (tertiary/aromatic N) is 5. The van der Waals surface area contributed by atoms with Crippen molar-refractivity contribution in [2.75, 3.05) is 31.5 Å². The first-order valence-corrected chi connectivity index (χ1v) is 12.3. The third-order valence-electron chi connectivity index (χ3n) is 6.81. The summed E-state index contributed by atoms with van der Waals surface area (Å²) in [7, 11) is 0. The van der Waals surface area contributed by atoms with Crippen LogP contribution in [-0.2, 0) is 4.79 Å². The molecule has 1 N–H and O–H groups in total. The fourth-order valence-corrected chi connectivity index (χ4v) is 5.02. The molecular weight excluding hydrogens is 424 g/mol. The Hall–Kier alpha value is -3.32. The number of hydrogen-bond acceptors (Lipinski definition) is 6. The molecule has 7 nitrogen and oxygen atoms in total. The molecule has 0 bridgehead atoms. The highest BCUT2D eigenvalue weighted by Gasteiger charge is 2.20. The van der Waals surface area contributed by atoms with E-state index in [1.54, 1.807) is 0 Å². The van der Waals surface area contributed by atoms with E-state index >= 15 is 0 Å². The fraction of sp³-hybridized carbons (Fsp3) is 0.407. The highest BCUT2D eigenvalue weighted by molar-refractivity contribution is 5.83. The van der Waals surface area contributed by atoms with Crippen LogP contribution in [0.1, 0.15) is 43.2 Å². The van der Waals surface area contributed by atoms with Gasteiger partial charge in [-0.1, -0.05) is 24.3 Å². The van der Waals surface area contributed by atoms with Crippen LogP contribution in [0.2, 0.25) is 0 Å². The molecule has 3 heterocycles. The monoisotopic (exact) mass is 456 g/mol. The van der Waals surface area contributed by atoms with E-state index in [9.17, 15) is 4.79 Å². The predicted molar refractivity (Wildman–Crippen MR) is 135 cm³/mol. The summed E-state index contributed by atoms with van der Waals surface area (Å²) in [5, 5.41) is 12.0. The molecular formula is C27H32N6O. The van der Waals surface area contributed by atoms with E-state index in [0.717, 1.165) is 41.8 Å². The van der Waals surface area contributed by atoms with Gasteiger partial charge < -0.3 is 15.1 Å². The van der Waals surface area contributed by atoms with Crippen molar-refractivity contribution >= 4 is 22.9 Å². The van der Waals surface area contributed by atoms with Crippen molar-refractivity contribution in [1.29, 1.82) is 0 Å². The second-order valence-electron chi connectivity index (χ2n) is 9.37. The van der Waals surface area contributed by atoms with Crippen LogP contribution in [0.5, 0.6) is 0 Å².